The molecule has 1 aliphatic carbocycles. The highest BCUT2D eigenvalue weighted by Gasteiger charge is 2.28. The topological polar surface area (TPSA) is 52.3 Å². The second-order valence-corrected chi connectivity index (χ2v) is 6.90. The summed E-state index contributed by atoms with van der Waals surface area (Å²) in [5.41, 5.74) is 9.20. The fourth-order valence-corrected chi connectivity index (χ4v) is 4.44. The predicted molar refractivity (Wildman–Crippen MR) is 90.3 cm³/mol. The Morgan fingerprint density at radius 2 is 2.14 bits per heavy atom. The number of ether oxygens (including phenoxy) is 1. The molecule has 0 spiro atoms. The van der Waals surface area contributed by atoms with Gasteiger partial charge in [0.25, 0.3) is 0 Å². The van der Waals surface area contributed by atoms with Crippen LogP contribution in [-0.2, 0) is 24.0 Å². The summed E-state index contributed by atoms with van der Waals surface area (Å²) in [6.45, 7) is 2.21. The summed E-state index contributed by atoms with van der Waals surface area (Å²) in [6, 6.07) is 10.6. The van der Waals surface area contributed by atoms with Gasteiger partial charge in [-0.1, -0.05) is 30.3 Å². The molecular weight excluding hydrogens is 294 g/mol. The number of rotatable bonds is 4. The molecule has 0 saturated heterocycles. The van der Waals surface area contributed by atoms with Gasteiger partial charge in [-0.15, -0.1) is 11.3 Å². The Balaban J connectivity index is 1.77. The fraction of sp³-hybridized carbons (Fsp3) is 0.389. The second kappa shape index (κ2) is 6.53. The SMILES string of the molecule is CCOC(=O)c1c(N)sc2c1CCC(Cc1ccccc1)C2. The molecule has 0 radical (unpaired) electrons. The zero-order valence-corrected chi connectivity index (χ0v) is 13.6. The van der Waals surface area contributed by atoms with E-state index < -0.39 is 0 Å². The summed E-state index contributed by atoms with van der Waals surface area (Å²) in [4.78, 5) is 13.3. The number of anilines is 1. The number of thiophene rings is 1. The Hall–Kier alpha value is -1.81. The van der Waals surface area contributed by atoms with Crippen LogP contribution in [0.1, 0.15) is 39.7 Å². The summed E-state index contributed by atoms with van der Waals surface area (Å²) in [7, 11) is 0. The third kappa shape index (κ3) is 3.02. The van der Waals surface area contributed by atoms with Crippen molar-refractivity contribution in [1.29, 1.82) is 0 Å². The monoisotopic (exact) mass is 315 g/mol. The van der Waals surface area contributed by atoms with Gasteiger partial charge in [-0.3, -0.25) is 0 Å². The number of carbonyl (C=O) groups is 1. The summed E-state index contributed by atoms with van der Waals surface area (Å²) < 4.78 is 5.14. The van der Waals surface area contributed by atoms with Crippen molar-refractivity contribution in [2.75, 3.05) is 12.3 Å². The maximum Gasteiger partial charge on any atom is 0.341 e. The van der Waals surface area contributed by atoms with Crippen LogP contribution in [0.3, 0.4) is 0 Å². The van der Waals surface area contributed by atoms with Crippen molar-refractivity contribution in [3.63, 3.8) is 0 Å². The molecule has 0 aliphatic heterocycles. The van der Waals surface area contributed by atoms with Crippen LogP contribution in [-0.4, -0.2) is 12.6 Å². The van der Waals surface area contributed by atoms with Crippen LogP contribution in [0.15, 0.2) is 30.3 Å². The molecule has 1 heterocycles. The van der Waals surface area contributed by atoms with Gasteiger partial charge in [0.05, 0.1) is 12.2 Å². The molecule has 2 N–H and O–H groups in total. The van der Waals surface area contributed by atoms with E-state index >= 15 is 0 Å². The van der Waals surface area contributed by atoms with E-state index in [4.69, 9.17) is 10.5 Å². The van der Waals surface area contributed by atoms with Crippen LogP contribution >= 0.6 is 11.3 Å². The second-order valence-electron chi connectivity index (χ2n) is 5.76. The quantitative estimate of drug-likeness (QED) is 0.872. The minimum absolute atomic E-state index is 0.265. The Morgan fingerprint density at radius 3 is 2.86 bits per heavy atom. The Bertz CT molecular complexity index is 663. The van der Waals surface area contributed by atoms with Crippen molar-refractivity contribution in [2.45, 2.75) is 32.6 Å². The smallest absolute Gasteiger partial charge is 0.341 e. The number of hydrogen-bond donors (Lipinski definition) is 1. The van der Waals surface area contributed by atoms with Crippen LogP contribution in [0.4, 0.5) is 5.00 Å². The molecule has 116 valence electrons. The van der Waals surface area contributed by atoms with Crippen molar-refractivity contribution >= 4 is 22.3 Å². The Labute approximate surface area is 135 Å². The van der Waals surface area contributed by atoms with Gasteiger partial charge in [0.2, 0.25) is 0 Å². The number of nitrogen functional groups attached to an aromatic ring is 1. The molecule has 1 aliphatic rings. The lowest BCUT2D eigenvalue weighted by molar-refractivity contribution is 0.0526. The zero-order valence-electron chi connectivity index (χ0n) is 12.8. The Morgan fingerprint density at radius 1 is 1.36 bits per heavy atom. The molecular formula is C18H21NO2S. The summed E-state index contributed by atoms with van der Waals surface area (Å²) in [6.07, 6.45) is 4.13. The van der Waals surface area contributed by atoms with Gasteiger partial charge in [0, 0.05) is 4.88 Å². The molecule has 1 atom stereocenters. The highest BCUT2D eigenvalue weighted by molar-refractivity contribution is 7.16. The molecule has 0 bridgehead atoms. The van der Waals surface area contributed by atoms with Crippen LogP contribution in [0.2, 0.25) is 0 Å². The lowest BCUT2D eigenvalue weighted by atomic mass is 9.83. The van der Waals surface area contributed by atoms with Gasteiger partial charge in [-0.25, -0.2) is 4.79 Å². The molecule has 22 heavy (non-hydrogen) atoms. The third-order valence-electron chi connectivity index (χ3n) is 4.24. The van der Waals surface area contributed by atoms with Crippen LogP contribution in [0.25, 0.3) is 0 Å². The third-order valence-corrected chi connectivity index (χ3v) is 5.32. The molecule has 3 rings (SSSR count). The van der Waals surface area contributed by atoms with Crippen molar-refractivity contribution in [2.24, 2.45) is 5.92 Å². The van der Waals surface area contributed by atoms with E-state index in [1.165, 1.54) is 10.4 Å². The molecule has 2 aromatic rings. The van der Waals surface area contributed by atoms with Crippen molar-refractivity contribution in [3.05, 3.63) is 51.9 Å². The first-order valence-corrected chi connectivity index (χ1v) is 8.61. The van der Waals surface area contributed by atoms with E-state index in [1.54, 1.807) is 11.3 Å². The summed E-state index contributed by atoms with van der Waals surface area (Å²) in [5.74, 6) is 0.363. The number of carbonyl (C=O) groups excluding carboxylic acids is 1. The van der Waals surface area contributed by atoms with Gasteiger partial charge in [0.1, 0.15) is 5.00 Å². The van der Waals surface area contributed by atoms with Crippen LogP contribution in [0.5, 0.6) is 0 Å². The molecule has 3 nitrogen and oxygen atoms in total. The van der Waals surface area contributed by atoms with E-state index in [-0.39, 0.29) is 5.97 Å². The highest BCUT2D eigenvalue weighted by Crippen LogP contribution is 2.39. The largest absolute Gasteiger partial charge is 0.462 e. The average Bonchev–Trinajstić information content (AvgIpc) is 2.83. The fourth-order valence-electron chi connectivity index (χ4n) is 3.22. The van der Waals surface area contributed by atoms with Crippen molar-refractivity contribution in [1.82, 2.24) is 0 Å². The van der Waals surface area contributed by atoms with Gasteiger partial charge < -0.3 is 10.5 Å². The standard InChI is InChI=1S/C18H21NO2S/c1-2-21-18(20)16-14-9-8-13(11-15(14)22-17(16)19)10-12-6-4-3-5-7-12/h3-7,13H,2,8-11,19H2,1H3. The van der Waals surface area contributed by atoms with Gasteiger partial charge in [-0.05, 0) is 49.7 Å². The molecule has 0 amide bonds. The molecule has 0 saturated carbocycles. The summed E-state index contributed by atoms with van der Waals surface area (Å²) >= 11 is 1.56. The lowest BCUT2D eigenvalue weighted by Gasteiger charge is -2.22. The maximum atomic E-state index is 12.1. The van der Waals surface area contributed by atoms with Gasteiger partial charge >= 0.3 is 5.97 Å². The predicted octanol–water partition coefficient (Wildman–Crippen LogP) is 3.85. The first-order valence-electron chi connectivity index (χ1n) is 7.80. The number of esters is 1. The van der Waals surface area contributed by atoms with Gasteiger partial charge in [0.15, 0.2) is 0 Å². The number of benzene rings is 1. The maximum absolute atomic E-state index is 12.1. The zero-order chi connectivity index (χ0) is 15.5. The minimum Gasteiger partial charge on any atom is -0.462 e. The highest BCUT2D eigenvalue weighted by atomic mass is 32.1. The number of nitrogens with two attached hydrogens (primary N) is 1. The number of fused-ring (bicyclic) bond motifs is 1. The van der Waals surface area contributed by atoms with Crippen LogP contribution < -0.4 is 5.73 Å². The summed E-state index contributed by atoms with van der Waals surface area (Å²) in [5, 5.41) is 0.615. The van der Waals surface area contributed by atoms with Crippen LogP contribution in [0, 0.1) is 5.92 Å². The minimum atomic E-state index is -0.265. The first-order chi connectivity index (χ1) is 10.7. The van der Waals surface area contributed by atoms with E-state index in [2.05, 4.69) is 24.3 Å². The van der Waals surface area contributed by atoms with E-state index in [9.17, 15) is 4.79 Å². The molecule has 4 heteroatoms. The van der Waals surface area contributed by atoms with Gasteiger partial charge in [-0.2, -0.15) is 0 Å². The Kier molecular flexibility index (Phi) is 4.48. The number of hydrogen-bond acceptors (Lipinski definition) is 4. The van der Waals surface area contributed by atoms with Crippen molar-refractivity contribution < 1.29 is 9.53 Å². The van der Waals surface area contributed by atoms with Crippen molar-refractivity contribution in [3.8, 4) is 0 Å². The van der Waals surface area contributed by atoms with E-state index in [0.717, 1.165) is 31.2 Å². The molecule has 1 unspecified atom stereocenters. The van der Waals surface area contributed by atoms with E-state index in [0.29, 0.717) is 23.1 Å². The molecule has 1 aromatic carbocycles. The molecule has 0 fully saturated rings. The average molecular weight is 315 g/mol. The normalized spacial score (nSPS) is 17.0. The first kappa shape index (κ1) is 15.1. The van der Waals surface area contributed by atoms with E-state index in [1.807, 2.05) is 13.0 Å². The lowest BCUT2D eigenvalue weighted by Crippen LogP contribution is -2.17. The molecule has 1 aromatic heterocycles.